The van der Waals surface area contributed by atoms with Crippen LogP contribution in [0.15, 0.2) is 66.9 Å². The lowest BCUT2D eigenvalue weighted by Crippen LogP contribution is -2.29. The van der Waals surface area contributed by atoms with E-state index in [-0.39, 0.29) is 17.2 Å². The number of imide groups is 1. The number of benzene rings is 2. The van der Waals surface area contributed by atoms with E-state index < -0.39 is 11.8 Å². The summed E-state index contributed by atoms with van der Waals surface area (Å²) in [6.07, 6.45) is 1.47. The predicted molar refractivity (Wildman–Crippen MR) is 101 cm³/mol. The molecule has 4 rings (SSSR count). The molecule has 132 valence electrons. The van der Waals surface area contributed by atoms with Gasteiger partial charge in [-0.1, -0.05) is 11.6 Å². The van der Waals surface area contributed by atoms with Crippen molar-refractivity contribution in [2.45, 2.75) is 0 Å². The van der Waals surface area contributed by atoms with Crippen LogP contribution in [0.4, 0.5) is 11.4 Å². The van der Waals surface area contributed by atoms with E-state index >= 15 is 0 Å². The van der Waals surface area contributed by atoms with Gasteiger partial charge in [-0.3, -0.25) is 19.4 Å². The largest absolute Gasteiger partial charge is 0.322 e. The van der Waals surface area contributed by atoms with Crippen LogP contribution >= 0.6 is 11.6 Å². The summed E-state index contributed by atoms with van der Waals surface area (Å²) in [4.78, 5) is 42.3. The van der Waals surface area contributed by atoms with E-state index in [1.807, 2.05) is 0 Å². The van der Waals surface area contributed by atoms with Crippen molar-refractivity contribution >= 4 is 40.7 Å². The normalized spacial score (nSPS) is 12.9. The molecule has 0 spiro atoms. The minimum atomic E-state index is -0.478. The van der Waals surface area contributed by atoms with Gasteiger partial charge < -0.3 is 5.32 Å². The molecule has 1 aromatic heterocycles. The van der Waals surface area contributed by atoms with E-state index in [2.05, 4.69) is 10.3 Å². The Morgan fingerprint density at radius 3 is 2.30 bits per heavy atom. The lowest BCUT2D eigenvalue weighted by atomic mass is 10.1. The van der Waals surface area contributed by atoms with Crippen molar-refractivity contribution in [3.8, 4) is 0 Å². The monoisotopic (exact) mass is 377 g/mol. The smallest absolute Gasteiger partial charge is 0.284 e. The molecule has 0 atom stereocenters. The number of anilines is 2. The Bertz CT molecular complexity index is 1030. The Morgan fingerprint density at radius 1 is 0.926 bits per heavy atom. The van der Waals surface area contributed by atoms with Crippen molar-refractivity contribution in [3.05, 3.63) is 88.7 Å². The summed E-state index contributed by atoms with van der Waals surface area (Å²) in [7, 11) is 0. The minimum Gasteiger partial charge on any atom is -0.322 e. The zero-order valence-electron chi connectivity index (χ0n) is 13.8. The summed E-state index contributed by atoms with van der Waals surface area (Å²) in [5.41, 5.74) is 1.79. The van der Waals surface area contributed by atoms with Crippen molar-refractivity contribution in [1.29, 1.82) is 0 Å². The molecule has 0 saturated carbocycles. The van der Waals surface area contributed by atoms with E-state index in [0.717, 1.165) is 4.90 Å². The van der Waals surface area contributed by atoms with E-state index in [1.54, 1.807) is 60.7 Å². The average Bonchev–Trinajstić information content (AvgIpc) is 2.95. The number of hydrogen-bond acceptors (Lipinski definition) is 4. The van der Waals surface area contributed by atoms with Gasteiger partial charge in [0.1, 0.15) is 5.69 Å². The van der Waals surface area contributed by atoms with Gasteiger partial charge in [-0.25, -0.2) is 4.90 Å². The van der Waals surface area contributed by atoms with Crippen molar-refractivity contribution in [3.63, 3.8) is 0 Å². The Balaban J connectivity index is 1.54. The molecule has 0 bridgehead atoms. The molecule has 1 N–H and O–H groups in total. The van der Waals surface area contributed by atoms with Gasteiger partial charge in [0.15, 0.2) is 0 Å². The van der Waals surface area contributed by atoms with Crippen molar-refractivity contribution in [2.24, 2.45) is 0 Å². The molecule has 2 heterocycles. The number of pyridine rings is 1. The first-order valence-corrected chi connectivity index (χ1v) is 8.43. The first kappa shape index (κ1) is 16.9. The minimum absolute atomic E-state index is 0.132. The lowest BCUT2D eigenvalue weighted by Gasteiger charge is -2.14. The van der Waals surface area contributed by atoms with Gasteiger partial charge >= 0.3 is 0 Å². The fraction of sp³-hybridized carbons (Fsp3) is 0. The first-order chi connectivity index (χ1) is 13.0. The number of carbonyl (C=O) groups excluding carboxylic acids is 3. The van der Waals surface area contributed by atoms with E-state index in [9.17, 15) is 14.4 Å². The van der Waals surface area contributed by atoms with Crippen LogP contribution in [0.1, 0.15) is 31.2 Å². The third-order valence-corrected chi connectivity index (χ3v) is 4.39. The molecular formula is C20H12ClN3O3. The van der Waals surface area contributed by atoms with Crippen LogP contribution in [0.3, 0.4) is 0 Å². The van der Waals surface area contributed by atoms with Crippen molar-refractivity contribution in [2.75, 3.05) is 10.2 Å². The molecular weight excluding hydrogens is 366 g/mol. The van der Waals surface area contributed by atoms with Gasteiger partial charge in [-0.2, -0.15) is 0 Å². The maximum Gasteiger partial charge on any atom is 0.284 e. The van der Waals surface area contributed by atoms with Gasteiger partial charge in [-0.15, -0.1) is 0 Å². The molecule has 27 heavy (non-hydrogen) atoms. The highest BCUT2D eigenvalue weighted by Crippen LogP contribution is 2.27. The molecule has 3 amide bonds. The summed E-state index contributed by atoms with van der Waals surface area (Å²) >= 11 is 5.83. The van der Waals surface area contributed by atoms with Gasteiger partial charge in [-0.05, 0) is 60.7 Å². The highest BCUT2D eigenvalue weighted by molar-refractivity contribution is 6.33. The lowest BCUT2D eigenvalue weighted by molar-refractivity contribution is 0.0924. The van der Waals surface area contributed by atoms with Crippen LogP contribution in [0.2, 0.25) is 5.02 Å². The second-order valence-corrected chi connectivity index (χ2v) is 6.29. The molecule has 7 heteroatoms. The summed E-state index contributed by atoms with van der Waals surface area (Å²) < 4.78 is 0. The predicted octanol–water partition coefficient (Wildman–Crippen LogP) is 3.79. The Kier molecular flexibility index (Phi) is 4.18. The number of nitrogens with zero attached hydrogens (tertiary/aromatic N) is 2. The summed E-state index contributed by atoms with van der Waals surface area (Å²) in [5, 5.41) is 3.33. The molecule has 0 saturated heterocycles. The Labute approximate surface area is 159 Å². The number of fused-ring (bicyclic) bond motifs is 1. The number of carbonyl (C=O) groups is 3. The summed E-state index contributed by atoms with van der Waals surface area (Å²) in [6, 6.07) is 16.1. The second-order valence-electron chi connectivity index (χ2n) is 5.85. The van der Waals surface area contributed by atoms with Crippen molar-refractivity contribution in [1.82, 2.24) is 4.98 Å². The number of rotatable bonds is 3. The first-order valence-electron chi connectivity index (χ1n) is 8.05. The number of amides is 3. The summed E-state index contributed by atoms with van der Waals surface area (Å²) in [5.74, 6) is -1.22. The van der Waals surface area contributed by atoms with Crippen LogP contribution in [-0.4, -0.2) is 22.7 Å². The van der Waals surface area contributed by atoms with Crippen LogP contribution in [0.25, 0.3) is 0 Å². The SMILES string of the molecule is O=C(Nc1ccc(Cl)cc1)c1ccc(N2C(=O)c3cccnc3C2=O)cc1. The maximum atomic E-state index is 12.5. The van der Waals surface area contributed by atoms with Crippen LogP contribution < -0.4 is 10.2 Å². The molecule has 0 unspecified atom stereocenters. The molecule has 2 aromatic carbocycles. The van der Waals surface area contributed by atoms with Gasteiger partial charge in [0.05, 0.1) is 11.3 Å². The topological polar surface area (TPSA) is 79.4 Å². The van der Waals surface area contributed by atoms with Crippen molar-refractivity contribution < 1.29 is 14.4 Å². The fourth-order valence-electron chi connectivity index (χ4n) is 2.80. The van der Waals surface area contributed by atoms with E-state index in [0.29, 0.717) is 22.0 Å². The fourth-order valence-corrected chi connectivity index (χ4v) is 2.93. The number of aromatic nitrogens is 1. The standard InChI is InChI=1S/C20H12ClN3O3/c21-13-5-7-14(8-6-13)23-18(25)12-3-9-15(10-4-12)24-19(26)16-2-1-11-22-17(16)20(24)27/h1-11H,(H,23,25). The van der Waals surface area contributed by atoms with E-state index in [4.69, 9.17) is 11.6 Å². The zero-order chi connectivity index (χ0) is 19.0. The quantitative estimate of drug-likeness (QED) is 0.704. The zero-order valence-corrected chi connectivity index (χ0v) is 14.6. The molecule has 0 radical (unpaired) electrons. The number of nitrogens with one attached hydrogen (secondary N) is 1. The van der Waals surface area contributed by atoms with Crippen LogP contribution in [-0.2, 0) is 0 Å². The average molecular weight is 378 g/mol. The van der Waals surface area contributed by atoms with Gasteiger partial charge in [0, 0.05) is 22.5 Å². The Hall–Kier alpha value is -3.51. The maximum absolute atomic E-state index is 12.5. The second kappa shape index (κ2) is 6.66. The highest BCUT2D eigenvalue weighted by Gasteiger charge is 2.37. The van der Waals surface area contributed by atoms with Crippen LogP contribution in [0.5, 0.6) is 0 Å². The van der Waals surface area contributed by atoms with Crippen LogP contribution in [0, 0.1) is 0 Å². The molecule has 3 aromatic rings. The Morgan fingerprint density at radius 2 is 1.63 bits per heavy atom. The molecule has 0 fully saturated rings. The third-order valence-electron chi connectivity index (χ3n) is 4.14. The molecule has 1 aliphatic heterocycles. The van der Waals surface area contributed by atoms with Gasteiger partial charge in [0.25, 0.3) is 17.7 Å². The van der Waals surface area contributed by atoms with E-state index in [1.165, 1.54) is 6.20 Å². The molecule has 0 aliphatic carbocycles. The molecule has 6 nitrogen and oxygen atoms in total. The molecule has 1 aliphatic rings. The number of halogens is 1. The highest BCUT2D eigenvalue weighted by atomic mass is 35.5. The third kappa shape index (κ3) is 3.07. The summed E-state index contributed by atoms with van der Waals surface area (Å²) in [6.45, 7) is 0. The number of hydrogen-bond donors (Lipinski definition) is 1. The van der Waals surface area contributed by atoms with Gasteiger partial charge in [0.2, 0.25) is 0 Å².